The van der Waals surface area contributed by atoms with Crippen molar-refractivity contribution < 1.29 is 14.1 Å². The maximum Gasteiger partial charge on any atom is 0.225 e. The smallest absolute Gasteiger partial charge is 0.225 e. The van der Waals surface area contributed by atoms with E-state index in [-0.39, 0.29) is 11.3 Å². The molecule has 0 spiro atoms. The molecule has 5 heteroatoms. The Balaban J connectivity index is 1.95. The minimum atomic E-state index is -0.379. The Hall–Kier alpha value is -2.30. The highest BCUT2D eigenvalue weighted by Crippen LogP contribution is 2.24. The van der Waals surface area contributed by atoms with Gasteiger partial charge in [-0.2, -0.15) is 0 Å². The third kappa shape index (κ3) is 4.10. The molecule has 2 aromatic rings. The van der Waals surface area contributed by atoms with Crippen LogP contribution in [0.1, 0.15) is 26.5 Å². The van der Waals surface area contributed by atoms with E-state index in [4.69, 9.17) is 9.26 Å². The van der Waals surface area contributed by atoms with Gasteiger partial charge in [0.25, 0.3) is 0 Å². The SMILES string of the molecule is COc1cccc(-c2cc(CCNC(=O)C(C)(C)C)no2)c1. The monoisotopic (exact) mass is 302 g/mol. The Kier molecular flexibility index (Phi) is 4.85. The first-order valence-corrected chi connectivity index (χ1v) is 7.28. The van der Waals surface area contributed by atoms with Crippen molar-refractivity contribution >= 4 is 5.91 Å². The van der Waals surface area contributed by atoms with E-state index in [1.807, 2.05) is 51.1 Å². The van der Waals surface area contributed by atoms with Crippen LogP contribution in [0.3, 0.4) is 0 Å². The van der Waals surface area contributed by atoms with Crippen molar-refractivity contribution in [1.29, 1.82) is 0 Å². The number of aromatic nitrogens is 1. The van der Waals surface area contributed by atoms with Gasteiger partial charge in [-0.05, 0) is 12.1 Å². The molecule has 1 aromatic carbocycles. The van der Waals surface area contributed by atoms with Crippen molar-refractivity contribution in [3.63, 3.8) is 0 Å². The van der Waals surface area contributed by atoms with Gasteiger partial charge in [-0.1, -0.05) is 38.1 Å². The number of amides is 1. The molecule has 22 heavy (non-hydrogen) atoms. The molecule has 0 aliphatic carbocycles. The van der Waals surface area contributed by atoms with Crippen LogP contribution in [0.25, 0.3) is 11.3 Å². The van der Waals surface area contributed by atoms with Crippen molar-refractivity contribution in [2.45, 2.75) is 27.2 Å². The van der Waals surface area contributed by atoms with Gasteiger partial charge >= 0.3 is 0 Å². The number of ether oxygens (including phenoxy) is 1. The molecule has 0 bridgehead atoms. The summed E-state index contributed by atoms with van der Waals surface area (Å²) in [6.45, 7) is 6.21. The Morgan fingerprint density at radius 2 is 2.09 bits per heavy atom. The van der Waals surface area contributed by atoms with Crippen molar-refractivity contribution in [3.05, 3.63) is 36.0 Å². The zero-order valence-corrected chi connectivity index (χ0v) is 13.5. The lowest BCUT2D eigenvalue weighted by molar-refractivity contribution is -0.128. The maximum absolute atomic E-state index is 11.8. The van der Waals surface area contributed by atoms with Crippen LogP contribution in [0.2, 0.25) is 0 Å². The van der Waals surface area contributed by atoms with E-state index >= 15 is 0 Å². The number of carbonyl (C=O) groups excluding carboxylic acids is 1. The zero-order chi connectivity index (χ0) is 16.2. The standard InChI is InChI=1S/C17H22N2O3/c1-17(2,3)16(20)18-9-8-13-11-15(22-19-13)12-6-5-7-14(10-12)21-4/h5-7,10-11H,8-9H2,1-4H3,(H,18,20). The van der Waals surface area contributed by atoms with E-state index in [9.17, 15) is 4.79 Å². The topological polar surface area (TPSA) is 64.4 Å². The number of nitrogens with zero attached hydrogens (tertiary/aromatic N) is 1. The Bertz CT molecular complexity index is 641. The van der Waals surface area contributed by atoms with E-state index in [2.05, 4.69) is 10.5 Å². The van der Waals surface area contributed by atoms with Crippen LogP contribution in [-0.2, 0) is 11.2 Å². The second-order valence-corrected chi connectivity index (χ2v) is 6.17. The van der Waals surface area contributed by atoms with Gasteiger partial charge in [0.1, 0.15) is 5.75 Å². The molecule has 118 valence electrons. The molecular weight excluding hydrogens is 280 g/mol. The molecule has 0 saturated carbocycles. The van der Waals surface area contributed by atoms with Gasteiger partial charge in [-0.3, -0.25) is 4.79 Å². The van der Waals surface area contributed by atoms with Crippen LogP contribution in [0.5, 0.6) is 5.75 Å². The number of carbonyl (C=O) groups is 1. The second-order valence-electron chi connectivity index (χ2n) is 6.17. The zero-order valence-electron chi connectivity index (χ0n) is 13.5. The summed E-state index contributed by atoms with van der Waals surface area (Å²) in [5, 5.41) is 6.94. The molecule has 0 radical (unpaired) electrons. The fourth-order valence-electron chi connectivity index (χ4n) is 1.91. The van der Waals surface area contributed by atoms with Gasteiger partial charge in [0, 0.05) is 30.0 Å². The number of hydrogen-bond donors (Lipinski definition) is 1. The summed E-state index contributed by atoms with van der Waals surface area (Å²) in [5.41, 5.74) is 1.35. The van der Waals surface area contributed by atoms with Gasteiger partial charge in [0.15, 0.2) is 5.76 Å². The summed E-state index contributed by atoms with van der Waals surface area (Å²) in [7, 11) is 1.63. The average Bonchev–Trinajstić information content (AvgIpc) is 2.95. The van der Waals surface area contributed by atoms with Crippen LogP contribution in [-0.4, -0.2) is 24.7 Å². The van der Waals surface area contributed by atoms with Gasteiger partial charge in [-0.15, -0.1) is 0 Å². The van der Waals surface area contributed by atoms with E-state index in [1.54, 1.807) is 7.11 Å². The Morgan fingerprint density at radius 3 is 2.77 bits per heavy atom. The van der Waals surface area contributed by atoms with Gasteiger partial charge in [0.2, 0.25) is 5.91 Å². The number of benzene rings is 1. The number of hydrogen-bond acceptors (Lipinski definition) is 4. The number of methoxy groups -OCH3 is 1. The highest BCUT2D eigenvalue weighted by atomic mass is 16.5. The van der Waals surface area contributed by atoms with Crippen molar-refractivity contribution in [3.8, 4) is 17.1 Å². The minimum absolute atomic E-state index is 0.0315. The Morgan fingerprint density at radius 1 is 1.32 bits per heavy atom. The third-order valence-electron chi connectivity index (χ3n) is 3.26. The molecule has 0 unspecified atom stereocenters. The molecule has 1 amide bonds. The molecule has 0 fully saturated rings. The van der Waals surface area contributed by atoms with Crippen LogP contribution in [0.15, 0.2) is 34.9 Å². The summed E-state index contributed by atoms with van der Waals surface area (Å²) < 4.78 is 10.6. The fourth-order valence-corrected chi connectivity index (χ4v) is 1.91. The fraction of sp³-hybridized carbons (Fsp3) is 0.412. The molecule has 2 rings (SSSR count). The first-order chi connectivity index (χ1) is 10.4. The average molecular weight is 302 g/mol. The van der Waals surface area contributed by atoms with Crippen LogP contribution < -0.4 is 10.1 Å². The second kappa shape index (κ2) is 6.64. The minimum Gasteiger partial charge on any atom is -0.497 e. The predicted molar refractivity (Wildman–Crippen MR) is 84.7 cm³/mol. The molecular formula is C17H22N2O3. The molecule has 0 aliphatic rings. The summed E-state index contributed by atoms with van der Waals surface area (Å²) in [6, 6.07) is 9.50. The molecule has 1 heterocycles. The molecule has 1 aromatic heterocycles. The molecule has 0 aliphatic heterocycles. The van der Waals surface area contributed by atoms with E-state index in [1.165, 1.54) is 0 Å². The highest BCUT2D eigenvalue weighted by Gasteiger charge is 2.20. The van der Waals surface area contributed by atoms with E-state index in [0.717, 1.165) is 17.0 Å². The molecule has 0 saturated heterocycles. The normalized spacial score (nSPS) is 11.3. The molecule has 0 atom stereocenters. The Labute approximate surface area is 130 Å². The molecule has 5 nitrogen and oxygen atoms in total. The van der Waals surface area contributed by atoms with Gasteiger partial charge < -0.3 is 14.6 Å². The van der Waals surface area contributed by atoms with E-state index < -0.39 is 0 Å². The van der Waals surface area contributed by atoms with Crippen molar-refractivity contribution in [2.75, 3.05) is 13.7 Å². The van der Waals surface area contributed by atoms with Gasteiger partial charge in [-0.25, -0.2) is 0 Å². The third-order valence-corrected chi connectivity index (χ3v) is 3.26. The first-order valence-electron chi connectivity index (χ1n) is 7.28. The lowest BCUT2D eigenvalue weighted by Crippen LogP contribution is -2.35. The number of rotatable bonds is 5. The lowest BCUT2D eigenvalue weighted by Gasteiger charge is -2.17. The summed E-state index contributed by atoms with van der Waals surface area (Å²) >= 11 is 0. The largest absolute Gasteiger partial charge is 0.497 e. The lowest BCUT2D eigenvalue weighted by atomic mass is 9.96. The van der Waals surface area contributed by atoms with E-state index in [0.29, 0.717) is 18.7 Å². The quantitative estimate of drug-likeness (QED) is 0.922. The molecule has 1 N–H and O–H groups in total. The van der Waals surface area contributed by atoms with Crippen molar-refractivity contribution in [2.24, 2.45) is 5.41 Å². The van der Waals surface area contributed by atoms with Gasteiger partial charge in [0.05, 0.1) is 12.8 Å². The maximum atomic E-state index is 11.8. The summed E-state index contributed by atoms with van der Waals surface area (Å²) in [4.78, 5) is 11.8. The summed E-state index contributed by atoms with van der Waals surface area (Å²) in [5.74, 6) is 1.49. The highest BCUT2D eigenvalue weighted by molar-refractivity contribution is 5.81. The predicted octanol–water partition coefficient (Wildman–Crippen LogP) is 3.06. The van der Waals surface area contributed by atoms with Crippen LogP contribution in [0, 0.1) is 5.41 Å². The van der Waals surface area contributed by atoms with Crippen molar-refractivity contribution in [1.82, 2.24) is 10.5 Å². The van der Waals surface area contributed by atoms with Crippen LogP contribution in [0.4, 0.5) is 0 Å². The number of nitrogens with one attached hydrogen (secondary N) is 1. The first kappa shape index (κ1) is 16.1. The summed E-state index contributed by atoms with van der Waals surface area (Å²) in [6.07, 6.45) is 0.634. The van der Waals surface area contributed by atoms with Crippen LogP contribution >= 0.6 is 0 Å².